The van der Waals surface area contributed by atoms with E-state index in [1.165, 1.54) is 0 Å². The Kier molecular flexibility index (Phi) is 5.74. The van der Waals surface area contributed by atoms with Crippen molar-refractivity contribution >= 4 is 17.6 Å². The van der Waals surface area contributed by atoms with E-state index in [0.717, 1.165) is 24.1 Å². The van der Waals surface area contributed by atoms with Crippen molar-refractivity contribution in [2.24, 2.45) is 0 Å². The largest absolute Gasteiger partial charge is 0.338 e. The van der Waals surface area contributed by atoms with Gasteiger partial charge in [0.15, 0.2) is 5.82 Å². The van der Waals surface area contributed by atoms with E-state index in [1.807, 2.05) is 66.4 Å². The third kappa shape index (κ3) is 4.65. The van der Waals surface area contributed by atoms with Crippen LogP contribution in [-0.2, 0) is 11.3 Å². The quantitative estimate of drug-likeness (QED) is 0.587. The van der Waals surface area contributed by atoms with Gasteiger partial charge in [-0.1, -0.05) is 42.5 Å². The lowest BCUT2D eigenvalue weighted by molar-refractivity contribution is -0.128. The minimum absolute atomic E-state index is 0.179. The topological polar surface area (TPSA) is 103 Å². The van der Waals surface area contributed by atoms with E-state index in [4.69, 9.17) is 0 Å². The van der Waals surface area contributed by atoms with Crippen LogP contribution in [0.15, 0.2) is 54.6 Å². The van der Waals surface area contributed by atoms with Crippen molar-refractivity contribution < 1.29 is 9.59 Å². The predicted molar refractivity (Wildman–Crippen MR) is 113 cm³/mol. The van der Waals surface area contributed by atoms with Crippen LogP contribution >= 0.6 is 0 Å². The fourth-order valence-corrected chi connectivity index (χ4v) is 3.57. The van der Waals surface area contributed by atoms with Crippen LogP contribution in [-0.4, -0.2) is 38.6 Å². The Morgan fingerprint density at radius 3 is 2.73 bits per heavy atom. The summed E-state index contributed by atoms with van der Waals surface area (Å²) in [6.07, 6.45) is 1.52. The number of benzene rings is 2. The van der Waals surface area contributed by atoms with E-state index in [2.05, 4.69) is 25.8 Å². The van der Waals surface area contributed by atoms with Gasteiger partial charge in [0.25, 0.3) is 0 Å². The van der Waals surface area contributed by atoms with Crippen molar-refractivity contribution in [2.45, 2.75) is 32.4 Å². The highest BCUT2D eigenvalue weighted by molar-refractivity contribution is 5.89. The SMILES string of the molecule is Cc1nc(C(NC(=O)Nc2cccc(CN3CCCC3=O)c2)c2ccccc2)n[nH]1. The lowest BCUT2D eigenvalue weighted by Crippen LogP contribution is -2.34. The first kappa shape index (κ1) is 19.6. The maximum atomic E-state index is 12.7. The highest BCUT2D eigenvalue weighted by Crippen LogP contribution is 2.20. The molecule has 2 heterocycles. The van der Waals surface area contributed by atoms with Gasteiger partial charge in [-0.25, -0.2) is 9.78 Å². The molecule has 1 aliphatic rings. The summed E-state index contributed by atoms with van der Waals surface area (Å²) in [7, 11) is 0. The van der Waals surface area contributed by atoms with Gasteiger partial charge in [0.1, 0.15) is 11.9 Å². The molecule has 8 heteroatoms. The van der Waals surface area contributed by atoms with Crippen molar-refractivity contribution in [1.29, 1.82) is 0 Å². The fraction of sp³-hybridized carbons (Fsp3) is 0.273. The number of H-pyrrole nitrogens is 1. The molecule has 154 valence electrons. The van der Waals surface area contributed by atoms with E-state index in [1.54, 1.807) is 0 Å². The summed E-state index contributed by atoms with van der Waals surface area (Å²) in [4.78, 5) is 30.8. The smallest absolute Gasteiger partial charge is 0.320 e. The van der Waals surface area contributed by atoms with Gasteiger partial charge in [-0.15, -0.1) is 0 Å². The molecule has 8 nitrogen and oxygen atoms in total. The third-order valence-corrected chi connectivity index (χ3v) is 5.01. The molecule has 0 radical (unpaired) electrons. The third-order valence-electron chi connectivity index (χ3n) is 5.01. The van der Waals surface area contributed by atoms with Gasteiger partial charge in [-0.05, 0) is 36.6 Å². The number of nitrogens with zero attached hydrogens (tertiary/aromatic N) is 3. The Balaban J connectivity index is 1.46. The number of likely N-dealkylation sites (tertiary alicyclic amines) is 1. The molecule has 30 heavy (non-hydrogen) atoms. The van der Waals surface area contributed by atoms with Crippen LogP contribution in [0.25, 0.3) is 0 Å². The molecule has 3 amide bonds. The van der Waals surface area contributed by atoms with Gasteiger partial charge in [-0.3, -0.25) is 9.89 Å². The van der Waals surface area contributed by atoms with Gasteiger partial charge in [0.05, 0.1) is 0 Å². The summed E-state index contributed by atoms with van der Waals surface area (Å²) >= 11 is 0. The predicted octanol–water partition coefficient (Wildman–Crippen LogP) is 3.15. The number of hydrogen-bond acceptors (Lipinski definition) is 4. The molecule has 1 fully saturated rings. The number of anilines is 1. The normalized spacial score (nSPS) is 14.6. The van der Waals surface area contributed by atoms with Crippen LogP contribution in [0, 0.1) is 6.92 Å². The maximum absolute atomic E-state index is 12.7. The van der Waals surface area contributed by atoms with Crippen molar-refractivity contribution in [3.63, 3.8) is 0 Å². The Morgan fingerprint density at radius 1 is 1.20 bits per heavy atom. The molecule has 1 aromatic heterocycles. The van der Waals surface area contributed by atoms with Crippen molar-refractivity contribution in [3.05, 3.63) is 77.4 Å². The molecule has 1 saturated heterocycles. The maximum Gasteiger partial charge on any atom is 0.320 e. The van der Waals surface area contributed by atoms with Crippen LogP contribution in [0.3, 0.4) is 0 Å². The second kappa shape index (κ2) is 8.77. The molecular formula is C22H24N6O2. The Bertz CT molecular complexity index is 1030. The molecule has 0 saturated carbocycles. The molecule has 1 unspecified atom stereocenters. The number of hydrogen-bond donors (Lipinski definition) is 3. The number of nitrogens with one attached hydrogen (secondary N) is 3. The first-order chi connectivity index (χ1) is 14.6. The average Bonchev–Trinajstić information content (AvgIpc) is 3.35. The van der Waals surface area contributed by atoms with Crippen molar-refractivity contribution in [1.82, 2.24) is 25.4 Å². The summed E-state index contributed by atoms with van der Waals surface area (Å²) in [5.41, 5.74) is 2.52. The molecule has 0 bridgehead atoms. The molecule has 1 aliphatic heterocycles. The summed E-state index contributed by atoms with van der Waals surface area (Å²) in [6, 6.07) is 16.3. The number of aromatic nitrogens is 3. The standard InChI is InChI=1S/C22H24N6O2/c1-15-23-21(27-26-15)20(17-8-3-2-4-9-17)25-22(30)24-18-10-5-7-16(13-18)14-28-12-6-11-19(28)29/h2-5,7-10,13,20H,6,11-12,14H2,1H3,(H,23,26,27)(H2,24,25,30). The summed E-state index contributed by atoms with van der Waals surface area (Å²) in [5.74, 6) is 1.35. The number of urea groups is 1. The molecule has 1 atom stereocenters. The number of aryl methyl sites for hydroxylation is 1. The average molecular weight is 404 g/mol. The molecular weight excluding hydrogens is 380 g/mol. The van der Waals surface area contributed by atoms with Crippen LogP contribution in [0.2, 0.25) is 0 Å². The van der Waals surface area contributed by atoms with E-state index in [9.17, 15) is 9.59 Å². The summed E-state index contributed by atoms with van der Waals surface area (Å²) in [6.45, 7) is 3.15. The summed E-state index contributed by atoms with van der Waals surface area (Å²) < 4.78 is 0. The molecule has 3 N–H and O–H groups in total. The van der Waals surface area contributed by atoms with E-state index in [-0.39, 0.29) is 11.9 Å². The van der Waals surface area contributed by atoms with E-state index >= 15 is 0 Å². The number of carbonyl (C=O) groups is 2. The molecule has 0 spiro atoms. The van der Waals surface area contributed by atoms with Gasteiger partial charge in [-0.2, -0.15) is 5.10 Å². The zero-order chi connectivity index (χ0) is 20.9. The number of amides is 3. The lowest BCUT2D eigenvalue weighted by atomic mass is 10.1. The van der Waals surface area contributed by atoms with Gasteiger partial charge in [0.2, 0.25) is 5.91 Å². The number of aromatic amines is 1. The molecule has 3 aromatic rings. The van der Waals surface area contributed by atoms with E-state index in [0.29, 0.717) is 30.3 Å². The Labute approximate surface area is 174 Å². The van der Waals surface area contributed by atoms with Gasteiger partial charge in [0, 0.05) is 25.2 Å². The van der Waals surface area contributed by atoms with Gasteiger partial charge >= 0.3 is 6.03 Å². The van der Waals surface area contributed by atoms with Crippen molar-refractivity contribution in [3.8, 4) is 0 Å². The zero-order valence-corrected chi connectivity index (χ0v) is 16.8. The fourth-order valence-electron chi connectivity index (χ4n) is 3.57. The number of rotatable bonds is 6. The number of carbonyl (C=O) groups excluding carboxylic acids is 2. The lowest BCUT2D eigenvalue weighted by Gasteiger charge is -2.18. The molecule has 2 aromatic carbocycles. The molecule has 4 rings (SSSR count). The van der Waals surface area contributed by atoms with E-state index < -0.39 is 6.04 Å². The first-order valence-electron chi connectivity index (χ1n) is 9.96. The van der Waals surface area contributed by atoms with Crippen molar-refractivity contribution in [2.75, 3.05) is 11.9 Å². The summed E-state index contributed by atoms with van der Waals surface area (Å²) in [5, 5.41) is 12.9. The van der Waals surface area contributed by atoms with Crippen LogP contribution in [0.5, 0.6) is 0 Å². The minimum Gasteiger partial charge on any atom is -0.338 e. The first-order valence-corrected chi connectivity index (χ1v) is 9.96. The second-order valence-corrected chi connectivity index (χ2v) is 7.34. The van der Waals surface area contributed by atoms with Crippen LogP contribution in [0.4, 0.5) is 10.5 Å². The second-order valence-electron chi connectivity index (χ2n) is 7.34. The van der Waals surface area contributed by atoms with Crippen LogP contribution in [0.1, 0.15) is 41.7 Å². The van der Waals surface area contributed by atoms with Crippen LogP contribution < -0.4 is 10.6 Å². The highest BCUT2D eigenvalue weighted by Gasteiger charge is 2.22. The minimum atomic E-state index is -0.485. The Morgan fingerprint density at radius 2 is 2.03 bits per heavy atom. The zero-order valence-electron chi connectivity index (χ0n) is 16.8. The molecule has 0 aliphatic carbocycles. The monoisotopic (exact) mass is 404 g/mol. The highest BCUT2D eigenvalue weighted by atomic mass is 16.2. The Hall–Kier alpha value is -3.68. The van der Waals surface area contributed by atoms with Gasteiger partial charge < -0.3 is 15.5 Å².